The molecule has 0 aromatic carbocycles. The highest BCUT2D eigenvalue weighted by Crippen LogP contribution is 2.26. The van der Waals surface area contributed by atoms with Crippen molar-refractivity contribution in [2.75, 3.05) is 0 Å². The molecule has 0 aliphatic rings. The number of hydrogen-bond donors (Lipinski definition) is 1. The lowest BCUT2D eigenvalue weighted by molar-refractivity contribution is 0.643. The predicted octanol–water partition coefficient (Wildman–Crippen LogP) is 2.75. The molecule has 5 nitrogen and oxygen atoms in total. The second kappa shape index (κ2) is 6.56. The molecule has 0 bridgehead atoms. The Balaban J connectivity index is 2.12. The van der Waals surface area contributed by atoms with Gasteiger partial charge in [0.2, 0.25) is 0 Å². The van der Waals surface area contributed by atoms with E-state index in [0.717, 1.165) is 23.1 Å². The van der Waals surface area contributed by atoms with E-state index in [4.69, 9.17) is 28.9 Å². The van der Waals surface area contributed by atoms with E-state index in [1.165, 1.54) is 0 Å². The zero-order valence-corrected chi connectivity index (χ0v) is 12.6. The monoisotopic (exact) mass is 317 g/mol. The summed E-state index contributed by atoms with van der Waals surface area (Å²) < 4.78 is 1.99. The van der Waals surface area contributed by atoms with Gasteiger partial charge in [-0.3, -0.25) is 0 Å². The SMILES string of the molecule is CCn1c(CN)nnc1SCc1ccc(Cl)nc1Cl. The van der Waals surface area contributed by atoms with E-state index in [-0.39, 0.29) is 0 Å². The van der Waals surface area contributed by atoms with Gasteiger partial charge in [-0.2, -0.15) is 0 Å². The molecule has 2 heterocycles. The average Bonchev–Trinajstić information content (AvgIpc) is 2.79. The maximum Gasteiger partial charge on any atom is 0.191 e. The Labute approximate surface area is 125 Å². The lowest BCUT2D eigenvalue weighted by atomic mass is 10.3. The van der Waals surface area contributed by atoms with Gasteiger partial charge >= 0.3 is 0 Å². The zero-order chi connectivity index (χ0) is 13.8. The summed E-state index contributed by atoms with van der Waals surface area (Å²) in [4.78, 5) is 4.00. The molecular formula is C11H13Cl2N5S. The van der Waals surface area contributed by atoms with Crippen LogP contribution in [-0.2, 0) is 18.8 Å². The molecule has 0 radical (unpaired) electrons. The van der Waals surface area contributed by atoms with Crippen molar-refractivity contribution in [3.8, 4) is 0 Å². The van der Waals surface area contributed by atoms with Gasteiger partial charge in [0.05, 0.1) is 6.54 Å². The summed E-state index contributed by atoms with van der Waals surface area (Å²) in [6.45, 7) is 3.20. The van der Waals surface area contributed by atoms with Crippen molar-refractivity contribution in [1.29, 1.82) is 0 Å². The van der Waals surface area contributed by atoms with Gasteiger partial charge in [0.1, 0.15) is 16.1 Å². The lowest BCUT2D eigenvalue weighted by Crippen LogP contribution is -2.08. The van der Waals surface area contributed by atoms with Gasteiger partial charge in [0, 0.05) is 12.3 Å². The van der Waals surface area contributed by atoms with Crippen molar-refractivity contribution in [1.82, 2.24) is 19.7 Å². The van der Waals surface area contributed by atoms with Gasteiger partial charge in [0.25, 0.3) is 0 Å². The van der Waals surface area contributed by atoms with E-state index in [2.05, 4.69) is 15.2 Å². The summed E-state index contributed by atoms with van der Waals surface area (Å²) in [7, 11) is 0. The predicted molar refractivity (Wildman–Crippen MR) is 77.4 cm³/mol. The molecule has 0 aliphatic carbocycles. The standard InChI is InChI=1S/C11H13Cl2N5S/c1-2-18-9(5-14)16-17-11(18)19-6-7-3-4-8(12)15-10(7)13/h3-4H,2,5-6,14H2,1H3. The lowest BCUT2D eigenvalue weighted by Gasteiger charge is -2.06. The molecule has 0 amide bonds. The minimum atomic E-state index is 0.380. The van der Waals surface area contributed by atoms with Crippen molar-refractivity contribution < 1.29 is 0 Å². The molecule has 0 saturated heterocycles. The van der Waals surface area contributed by atoms with Gasteiger partial charge in [-0.25, -0.2) is 4.98 Å². The minimum absolute atomic E-state index is 0.380. The van der Waals surface area contributed by atoms with Crippen molar-refractivity contribution >= 4 is 35.0 Å². The quantitative estimate of drug-likeness (QED) is 0.678. The van der Waals surface area contributed by atoms with Crippen molar-refractivity contribution in [3.05, 3.63) is 33.8 Å². The fourth-order valence-electron chi connectivity index (χ4n) is 1.59. The molecule has 102 valence electrons. The van der Waals surface area contributed by atoms with Crippen LogP contribution in [0.2, 0.25) is 10.3 Å². The first-order chi connectivity index (χ1) is 9.15. The molecule has 2 N–H and O–H groups in total. The van der Waals surface area contributed by atoms with Crippen LogP contribution in [-0.4, -0.2) is 19.7 Å². The van der Waals surface area contributed by atoms with Gasteiger partial charge in [0.15, 0.2) is 5.16 Å². The first kappa shape index (κ1) is 14.6. The maximum absolute atomic E-state index is 6.03. The van der Waals surface area contributed by atoms with Crippen LogP contribution in [0.4, 0.5) is 0 Å². The number of aromatic nitrogens is 4. The number of pyridine rings is 1. The highest BCUT2D eigenvalue weighted by Gasteiger charge is 2.11. The van der Waals surface area contributed by atoms with Gasteiger partial charge in [-0.05, 0) is 18.6 Å². The molecule has 2 aromatic rings. The molecule has 8 heteroatoms. The Morgan fingerprint density at radius 3 is 2.74 bits per heavy atom. The van der Waals surface area contributed by atoms with Gasteiger partial charge < -0.3 is 10.3 Å². The van der Waals surface area contributed by atoms with Crippen LogP contribution in [0.3, 0.4) is 0 Å². The van der Waals surface area contributed by atoms with Crippen molar-refractivity contribution in [2.24, 2.45) is 5.73 Å². The molecule has 19 heavy (non-hydrogen) atoms. The molecule has 2 aromatic heterocycles. The summed E-state index contributed by atoms with van der Waals surface area (Å²) in [6.07, 6.45) is 0. The number of nitrogens with two attached hydrogens (primary N) is 1. The van der Waals surface area contributed by atoms with E-state index >= 15 is 0 Å². The molecule has 0 spiro atoms. The van der Waals surface area contributed by atoms with Crippen LogP contribution in [0.25, 0.3) is 0 Å². The summed E-state index contributed by atoms with van der Waals surface area (Å²) in [5.41, 5.74) is 6.52. The normalized spacial score (nSPS) is 10.9. The Kier molecular flexibility index (Phi) is 5.04. The molecule has 0 atom stereocenters. The van der Waals surface area contributed by atoms with Crippen LogP contribution in [0, 0.1) is 0 Å². The van der Waals surface area contributed by atoms with Crippen molar-refractivity contribution in [2.45, 2.75) is 30.9 Å². The van der Waals surface area contributed by atoms with Crippen LogP contribution >= 0.6 is 35.0 Å². The second-order valence-corrected chi connectivity index (χ2v) is 5.41. The van der Waals surface area contributed by atoms with Crippen LogP contribution in [0.1, 0.15) is 18.3 Å². The zero-order valence-electron chi connectivity index (χ0n) is 10.3. The summed E-state index contributed by atoms with van der Waals surface area (Å²) >= 11 is 13.3. The van der Waals surface area contributed by atoms with E-state index in [1.807, 2.05) is 17.6 Å². The van der Waals surface area contributed by atoms with E-state index in [0.29, 0.717) is 22.6 Å². The number of halogens is 2. The van der Waals surface area contributed by atoms with Gasteiger partial charge in [-0.15, -0.1) is 10.2 Å². The Morgan fingerprint density at radius 2 is 2.11 bits per heavy atom. The second-order valence-electron chi connectivity index (χ2n) is 3.72. The van der Waals surface area contributed by atoms with Crippen molar-refractivity contribution in [3.63, 3.8) is 0 Å². The first-order valence-corrected chi connectivity index (χ1v) is 7.45. The molecular weight excluding hydrogens is 305 g/mol. The van der Waals surface area contributed by atoms with E-state index < -0.39 is 0 Å². The first-order valence-electron chi connectivity index (χ1n) is 5.71. The fraction of sp³-hybridized carbons (Fsp3) is 0.364. The Hall–Kier alpha value is -0.820. The summed E-state index contributed by atoms with van der Waals surface area (Å²) in [5, 5.41) is 9.81. The summed E-state index contributed by atoms with van der Waals surface area (Å²) in [6, 6.07) is 3.58. The third kappa shape index (κ3) is 3.39. The van der Waals surface area contributed by atoms with E-state index in [1.54, 1.807) is 17.8 Å². The highest BCUT2D eigenvalue weighted by atomic mass is 35.5. The highest BCUT2D eigenvalue weighted by molar-refractivity contribution is 7.98. The largest absolute Gasteiger partial charge is 0.324 e. The fourth-order valence-corrected chi connectivity index (χ4v) is 3.08. The molecule has 0 aliphatic heterocycles. The molecule has 2 rings (SSSR count). The van der Waals surface area contributed by atoms with Crippen LogP contribution < -0.4 is 5.73 Å². The molecule has 0 unspecified atom stereocenters. The topological polar surface area (TPSA) is 69.6 Å². The number of nitrogens with zero attached hydrogens (tertiary/aromatic N) is 4. The van der Waals surface area contributed by atoms with Crippen LogP contribution in [0.5, 0.6) is 0 Å². The maximum atomic E-state index is 6.03. The number of hydrogen-bond acceptors (Lipinski definition) is 5. The molecule has 0 fully saturated rings. The third-order valence-corrected chi connectivity index (χ3v) is 4.09. The third-order valence-electron chi connectivity index (χ3n) is 2.54. The minimum Gasteiger partial charge on any atom is -0.324 e. The Bertz CT molecular complexity index is 572. The average molecular weight is 318 g/mol. The Morgan fingerprint density at radius 1 is 1.32 bits per heavy atom. The van der Waals surface area contributed by atoms with Crippen LogP contribution in [0.15, 0.2) is 17.3 Å². The summed E-state index contributed by atoms with van der Waals surface area (Å²) in [5.74, 6) is 1.44. The molecule has 0 saturated carbocycles. The van der Waals surface area contributed by atoms with Gasteiger partial charge in [-0.1, -0.05) is 41.0 Å². The number of thioether (sulfide) groups is 1. The smallest absolute Gasteiger partial charge is 0.191 e. The number of rotatable bonds is 5. The van der Waals surface area contributed by atoms with E-state index in [9.17, 15) is 0 Å².